The summed E-state index contributed by atoms with van der Waals surface area (Å²) >= 11 is 3.52. The summed E-state index contributed by atoms with van der Waals surface area (Å²) in [6.07, 6.45) is 4.61. The molecule has 82 valence electrons. The first-order valence-corrected chi connectivity index (χ1v) is 6.30. The molecule has 3 heteroatoms. The molecule has 1 aromatic rings. The van der Waals surface area contributed by atoms with Crippen LogP contribution >= 0.6 is 15.9 Å². The zero-order valence-electron chi connectivity index (χ0n) is 9.26. The number of rotatable bonds is 3. The van der Waals surface area contributed by atoms with Gasteiger partial charge in [0.25, 0.3) is 0 Å². The van der Waals surface area contributed by atoms with Gasteiger partial charge in [-0.3, -0.25) is 0 Å². The maximum atomic E-state index is 4.37. The topological polar surface area (TPSA) is 24.9 Å². The minimum absolute atomic E-state index is 0.843. The normalized spacial score (nSPS) is 24.7. The third kappa shape index (κ3) is 2.71. The summed E-state index contributed by atoms with van der Waals surface area (Å²) in [7, 11) is 0. The van der Waals surface area contributed by atoms with Gasteiger partial charge >= 0.3 is 0 Å². The average Bonchev–Trinajstić information content (AvgIpc) is 2.13. The zero-order chi connectivity index (χ0) is 10.8. The Morgan fingerprint density at radius 3 is 2.87 bits per heavy atom. The quantitative estimate of drug-likeness (QED) is 0.906. The third-order valence-corrected chi connectivity index (χ3v) is 3.61. The Hall–Kier alpha value is -0.570. The van der Waals surface area contributed by atoms with Gasteiger partial charge < -0.3 is 5.32 Å². The van der Waals surface area contributed by atoms with Crippen LogP contribution in [0.25, 0.3) is 0 Å². The van der Waals surface area contributed by atoms with E-state index in [1.807, 2.05) is 6.20 Å². The lowest BCUT2D eigenvalue weighted by Crippen LogP contribution is -2.27. The molecule has 0 aliphatic heterocycles. The number of aryl methyl sites for hydroxylation is 1. The maximum absolute atomic E-state index is 4.37. The van der Waals surface area contributed by atoms with Crippen LogP contribution in [0.15, 0.2) is 16.7 Å². The number of hydrogen-bond acceptors (Lipinski definition) is 2. The summed E-state index contributed by atoms with van der Waals surface area (Å²) < 4.78 is 1.06. The van der Waals surface area contributed by atoms with E-state index < -0.39 is 0 Å². The molecule has 0 radical (unpaired) electrons. The molecule has 15 heavy (non-hydrogen) atoms. The van der Waals surface area contributed by atoms with E-state index in [0.717, 1.165) is 28.7 Å². The predicted molar refractivity (Wildman–Crippen MR) is 67.1 cm³/mol. The lowest BCUT2D eigenvalue weighted by atomic mass is 9.76. The Morgan fingerprint density at radius 2 is 2.27 bits per heavy atom. The highest BCUT2D eigenvalue weighted by Crippen LogP contribution is 2.33. The first-order chi connectivity index (χ1) is 7.15. The fourth-order valence-electron chi connectivity index (χ4n) is 2.14. The van der Waals surface area contributed by atoms with Crippen molar-refractivity contribution in [1.82, 2.24) is 4.98 Å². The average molecular weight is 269 g/mol. The molecule has 0 bridgehead atoms. The van der Waals surface area contributed by atoms with Crippen molar-refractivity contribution in [2.45, 2.75) is 26.7 Å². The summed E-state index contributed by atoms with van der Waals surface area (Å²) in [4.78, 5) is 4.37. The fourth-order valence-corrected chi connectivity index (χ4v) is 2.74. The molecule has 1 saturated carbocycles. The summed E-state index contributed by atoms with van der Waals surface area (Å²) in [6, 6.07) is 2.10. The molecule has 1 aliphatic carbocycles. The summed E-state index contributed by atoms with van der Waals surface area (Å²) in [5.41, 5.74) is 1.18. The van der Waals surface area contributed by atoms with E-state index in [-0.39, 0.29) is 0 Å². The molecule has 1 aromatic heterocycles. The molecule has 0 amide bonds. The number of anilines is 1. The van der Waals surface area contributed by atoms with Gasteiger partial charge in [0.2, 0.25) is 0 Å². The van der Waals surface area contributed by atoms with Crippen LogP contribution < -0.4 is 5.32 Å². The van der Waals surface area contributed by atoms with Crippen LogP contribution in [0.1, 0.15) is 25.3 Å². The van der Waals surface area contributed by atoms with Crippen LogP contribution in [0.4, 0.5) is 5.82 Å². The van der Waals surface area contributed by atoms with Crippen molar-refractivity contribution in [3.8, 4) is 0 Å². The molecule has 0 atom stereocenters. The standard InChI is InChI=1S/C12H17BrN2/c1-8-3-10(4-8)7-15-12-11(13)5-9(2)6-14-12/h5-6,8,10H,3-4,7H2,1-2H3,(H,14,15). The van der Waals surface area contributed by atoms with E-state index in [2.05, 4.69) is 46.1 Å². The highest BCUT2D eigenvalue weighted by Gasteiger charge is 2.24. The number of halogens is 1. The number of hydrogen-bond donors (Lipinski definition) is 1. The molecule has 2 nitrogen and oxygen atoms in total. The molecule has 0 aromatic carbocycles. The number of nitrogens with one attached hydrogen (secondary N) is 1. The largest absolute Gasteiger partial charge is 0.369 e. The number of nitrogens with zero attached hydrogens (tertiary/aromatic N) is 1. The van der Waals surface area contributed by atoms with Crippen LogP contribution in [0.2, 0.25) is 0 Å². The van der Waals surface area contributed by atoms with Crippen LogP contribution in [0.3, 0.4) is 0 Å². The first kappa shape index (κ1) is 10.9. The Balaban J connectivity index is 1.88. The van der Waals surface area contributed by atoms with Crippen molar-refractivity contribution in [2.24, 2.45) is 11.8 Å². The van der Waals surface area contributed by atoms with Crippen LogP contribution in [-0.4, -0.2) is 11.5 Å². The van der Waals surface area contributed by atoms with Gasteiger partial charge in [-0.05, 0) is 59.2 Å². The van der Waals surface area contributed by atoms with Gasteiger partial charge in [-0.15, -0.1) is 0 Å². The molecule has 1 N–H and O–H groups in total. The first-order valence-electron chi connectivity index (χ1n) is 5.51. The Bertz CT molecular complexity index is 345. The minimum Gasteiger partial charge on any atom is -0.369 e. The molecule has 1 heterocycles. The lowest BCUT2D eigenvalue weighted by Gasteiger charge is -2.32. The van der Waals surface area contributed by atoms with E-state index in [1.165, 1.54) is 18.4 Å². The zero-order valence-corrected chi connectivity index (χ0v) is 10.8. The second kappa shape index (κ2) is 4.52. The maximum Gasteiger partial charge on any atom is 0.140 e. The van der Waals surface area contributed by atoms with Gasteiger partial charge in [0, 0.05) is 12.7 Å². The Kier molecular flexibility index (Phi) is 3.29. The van der Waals surface area contributed by atoms with Crippen molar-refractivity contribution in [3.05, 3.63) is 22.3 Å². The minimum atomic E-state index is 0.843. The molecule has 0 saturated heterocycles. The predicted octanol–water partition coefficient (Wildman–Crippen LogP) is 3.61. The van der Waals surface area contributed by atoms with E-state index in [4.69, 9.17) is 0 Å². The fraction of sp³-hybridized carbons (Fsp3) is 0.583. The lowest BCUT2D eigenvalue weighted by molar-refractivity contribution is 0.225. The Morgan fingerprint density at radius 1 is 1.53 bits per heavy atom. The molecule has 1 fully saturated rings. The van der Waals surface area contributed by atoms with E-state index >= 15 is 0 Å². The van der Waals surface area contributed by atoms with E-state index in [0.29, 0.717) is 0 Å². The van der Waals surface area contributed by atoms with Crippen LogP contribution in [0, 0.1) is 18.8 Å². The van der Waals surface area contributed by atoms with Gasteiger partial charge in [-0.2, -0.15) is 0 Å². The SMILES string of the molecule is Cc1cnc(NCC2CC(C)C2)c(Br)c1. The van der Waals surface area contributed by atoms with E-state index in [9.17, 15) is 0 Å². The summed E-state index contributed by atoms with van der Waals surface area (Å²) in [5.74, 6) is 2.74. The summed E-state index contributed by atoms with van der Waals surface area (Å²) in [5, 5.41) is 3.40. The molecular weight excluding hydrogens is 252 g/mol. The molecule has 2 rings (SSSR count). The van der Waals surface area contributed by atoms with Crippen molar-refractivity contribution in [2.75, 3.05) is 11.9 Å². The van der Waals surface area contributed by atoms with Crippen molar-refractivity contribution in [3.63, 3.8) is 0 Å². The molecule has 1 aliphatic rings. The van der Waals surface area contributed by atoms with Gasteiger partial charge in [0.1, 0.15) is 5.82 Å². The Labute approximate surface area is 99.6 Å². The monoisotopic (exact) mass is 268 g/mol. The van der Waals surface area contributed by atoms with Crippen LogP contribution in [0.5, 0.6) is 0 Å². The molecule has 0 unspecified atom stereocenters. The highest BCUT2D eigenvalue weighted by atomic mass is 79.9. The third-order valence-electron chi connectivity index (χ3n) is 3.01. The van der Waals surface area contributed by atoms with Gasteiger partial charge in [-0.1, -0.05) is 6.92 Å². The molecule has 0 spiro atoms. The van der Waals surface area contributed by atoms with Crippen molar-refractivity contribution in [1.29, 1.82) is 0 Å². The summed E-state index contributed by atoms with van der Waals surface area (Å²) in [6.45, 7) is 5.42. The van der Waals surface area contributed by atoms with Crippen LogP contribution in [-0.2, 0) is 0 Å². The van der Waals surface area contributed by atoms with Gasteiger partial charge in [-0.25, -0.2) is 4.98 Å². The second-order valence-corrected chi connectivity index (χ2v) is 5.52. The van der Waals surface area contributed by atoms with Crippen molar-refractivity contribution < 1.29 is 0 Å². The van der Waals surface area contributed by atoms with Gasteiger partial charge in [0.15, 0.2) is 0 Å². The smallest absolute Gasteiger partial charge is 0.140 e. The van der Waals surface area contributed by atoms with Crippen molar-refractivity contribution >= 4 is 21.7 Å². The molecular formula is C12H17BrN2. The number of aromatic nitrogens is 1. The highest BCUT2D eigenvalue weighted by molar-refractivity contribution is 9.10. The van der Waals surface area contributed by atoms with Gasteiger partial charge in [0.05, 0.1) is 4.47 Å². The second-order valence-electron chi connectivity index (χ2n) is 4.67. The van der Waals surface area contributed by atoms with E-state index in [1.54, 1.807) is 0 Å². The number of pyridine rings is 1.